The second-order valence-electron chi connectivity index (χ2n) is 3.40. The van der Waals surface area contributed by atoms with E-state index in [0.717, 1.165) is 19.1 Å². The van der Waals surface area contributed by atoms with Gasteiger partial charge in [-0.3, -0.25) is 4.79 Å². The molecule has 0 radical (unpaired) electrons. The maximum absolute atomic E-state index is 10.2. The fourth-order valence-electron chi connectivity index (χ4n) is 1.54. The maximum atomic E-state index is 10.2. The fraction of sp³-hybridized carbons (Fsp3) is 0.214. The second-order valence-corrected chi connectivity index (χ2v) is 3.40. The van der Waals surface area contributed by atoms with Gasteiger partial charge in [-0.1, -0.05) is 30.3 Å². The van der Waals surface area contributed by atoms with E-state index in [1.165, 1.54) is 23.3 Å². The molecule has 1 aromatic rings. The van der Waals surface area contributed by atoms with Gasteiger partial charge in [0.1, 0.15) is 12.2 Å². The molecule has 0 aliphatic carbocycles. The number of carbonyl (C=O) groups is 1. The zero-order valence-corrected chi connectivity index (χ0v) is 9.06. The molecule has 16 heavy (non-hydrogen) atoms. The molecule has 0 fully saturated rings. The van der Waals surface area contributed by atoms with Crippen molar-refractivity contribution in [3.8, 4) is 0 Å². The van der Waals surface area contributed by atoms with E-state index >= 15 is 0 Å². The Bertz CT molecular complexity index is 412. The number of hydrogen-bond donors (Lipinski definition) is 0. The quantitative estimate of drug-likeness (QED) is 0.413. The van der Waals surface area contributed by atoms with Crippen LogP contribution in [0.5, 0.6) is 0 Å². The Morgan fingerprint density at radius 3 is 2.62 bits per heavy atom. The number of hydrogen-bond acceptors (Lipinski definition) is 2. The summed E-state index contributed by atoms with van der Waals surface area (Å²) in [5.74, 6) is 1.77. The van der Waals surface area contributed by atoms with E-state index in [-0.39, 0.29) is 0 Å². The van der Waals surface area contributed by atoms with Crippen LogP contribution in [0.3, 0.4) is 0 Å². The molecule has 0 aliphatic heterocycles. The minimum atomic E-state index is 0.706. The van der Waals surface area contributed by atoms with E-state index in [1.807, 2.05) is 30.3 Å². The lowest BCUT2D eigenvalue weighted by atomic mass is 10.0. The molecule has 0 saturated heterocycles. The predicted molar refractivity (Wildman–Crippen MR) is 63.9 cm³/mol. The topological polar surface area (TPSA) is 34.1 Å². The molecular formula is C14H14O2. The summed E-state index contributed by atoms with van der Waals surface area (Å²) in [6, 6.07) is 8.04. The molecule has 0 amide bonds. The van der Waals surface area contributed by atoms with Crippen LogP contribution in [0.15, 0.2) is 42.5 Å². The molecule has 0 unspecified atom stereocenters. The molecule has 0 heterocycles. The third-order valence-electron chi connectivity index (χ3n) is 2.31. The first-order chi connectivity index (χ1) is 7.88. The average Bonchev–Trinajstić information content (AvgIpc) is 2.32. The Labute approximate surface area is 95.3 Å². The molecule has 0 aliphatic rings. The molecule has 0 spiro atoms. The van der Waals surface area contributed by atoms with Gasteiger partial charge in [-0.05, 0) is 36.5 Å². The number of rotatable bonds is 6. The lowest BCUT2D eigenvalue weighted by molar-refractivity contribution is -0.104. The summed E-state index contributed by atoms with van der Waals surface area (Å²) >= 11 is 0. The van der Waals surface area contributed by atoms with Crippen LogP contribution in [0.25, 0.3) is 0 Å². The van der Waals surface area contributed by atoms with Crippen molar-refractivity contribution in [1.82, 2.24) is 0 Å². The van der Waals surface area contributed by atoms with Gasteiger partial charge < -0.3 is 0 Å². The highest BCUT2D eigenvalue weighted by molar-refractivity contribution is 5.64. The largest absolute Gasteiger partial charge is 0.299 e. The van der Waals surface area contributed by atoms with E-state index in [2.05, 4.69) is 0 Å². The van der Waals surface area contributed by atoms with E-state index in [1.54, 1.807) is 5.94 Å². The van der Waals surface area contributed by atoms with Crippen molar-refractivity contribution in [3.05, 3.63) is 53.6 Å². The highest BCUT2D eigenvalue weighted by Crippen LogP contribution is 2.12. The average molecular weight is 214 g/mol. The molecule has 82 valence electrons. The molecule has 1 aromatic carbocycles. The van der Waals surface area contributed by atoms with E-state index in [9.17, 15) is 9.59 Å². The molecule has 2 nitrogen and oxygen atoms in total. The molecule has 0 N–H and O–H groups in total. The Balaban J connectivity index is 2.70. The maximum Gasteiger partial charge on any atom is 0.142 e. The van der Waals surface area contributed by atoms with Crippen molar-refractivity contribution in [1.29, 1.82) is 0 Å². The summed E-state index contributed by atoms with van der Waals surface area (Å²) in [6.07, 6.45) is 7.90. The summed E-state index contributed by atoms with van der Waals surface area (Å²) in [5.41, 5.74) is 2.41. The fourth-order valence-corrected chi connectivity index (χ4v) is 1.54. The third kappa shape index (κ3) is 4.07. The monoisotopic (exact) mass is 214 g/mol. The van der Waals surface area contributed by atoms with Crippen molar-refractivity contribution in [2.24, 2.45) is 0 Å². The van der Waals surface area contributed by atoms with Crippen LogP contribution >= 0.6 is 0 Å². The van der Waals surface area contributed by atoms with Gasteiger partial charge in [0.05, 0.1) is 0 Å². The number of aldehydes is 1. The molecule has 0 aromatic heterocycles. The van der Waals surface area contributed by atoms with Crippen LogP contribution in [0.2, 0.25) is 0 Å². The molecule has 1 rings (SSSR count). The minimum Gasteiger partial charge on any atom is -0.299 e. The summed E-state index contributed by atoms with van der Waals surface area (Å²) in [4.78, 5) is 20.2. The lowest BCUT2D eigenvalue weighted by Crippen LogP contribution is -1.92. The van der Waals surface area contributed by atoms with Crippen LogP contribution in [-0.4, -0.2) is 12.2 Å². The van der Waals surface area contributed by atoms with E-state index in [4.69, 9.17) is 0 Å². The summed E-state index contributed by atoms with van der Waals surface area (Å²) < 4.78 is 0. The van der Waals surface area contributed by atoms with Crippen molar-refractivity contribution < 1.29 is 9.59 Å². The Morgan fingerprint density at radius 1 is 1.19 bits per heavy atom. The van der Waals surface area contributed by atoms with Gasteiger partial charge in [0.2, 0.25) is 0 Å². The van der Waals surface area contributed by atoms with Crippen molar-refractivity contribution in [2.45, 2.75) is 19.3 Å². The third-order valence-corrected chi connectivity index (χ3v) is 2.31. The van der Waals surface area contributed by atoms with Crippen LogP contribution < -0.4 is 0 Å². The predicted octanol–water partition coefficient (Wildman–Crippen LogP) is 2.30. The Morgan fingerprint density at radius 2 is 1.94 bits per heavy atom. The van der Waals surface area contributed by atoms with Gasteiger partial charge in [-0.25, -0.2) is 4.79 Å². The highest BCUT2D eigenvalue weighted by Gasteiger charge is 1.98. The van der Waals surface area contributed by atoms with Gasteiger partial charge in [0.15, 0.2) is 0 Å². The second kappa shape index (κ2) is 7.38. The summed E-state index contributed by atoms with van der Waals surface area (Å²) in [6.45, 7) is 0. The van der Waals surface area contributed by atoms with Crippen LogP contribution in [0.4, 0.5) is 0 Å². The molecule has 0 bridgehead atoms. The number of carbonyl (C=O) groups excluding carboxylic acids is 2. The lowest BCUT2D eigenvalue weighted by Gasteiger charge is -2.05. The Kier molecular flexibility index (Phi) is 5.61. The Hall–Kier alpha value is -1.92. The smallest absolute Gasteiger partial charge is 0.142 e. The molecule has 0 atom stereocenters. The van der Waals surface area contributed by atoms with Crippen molar-refractivity contribution in [2.75, 3.05) is 0 Å². The molecule has 0 saturated carbocycles. The van der Waals surface area contributed by atoms with Gasteiger partial charge in [0.25, 0.3) is 0 Å². The van der Waals surface area contributed by atoms with Crippen molar-refractivity contribution in [3.63, 3.8) is 0 Å². The van der Waals surface area contributed by atoms with E-state index < -0.39 is 0 Å². The first-order valence-corrected chi connectivity index (χ1v) is 5.25. The summed E-state index contributed by atoms with van der Waals surface area (Å²) in [7, 11) is 0. The van der Waals surface area contributed by atoms with Crippen LogP contribution in [0.1, 0.15) is 17.5 Å². The SMILES string of the molecule is O=C=CCCc1ccccc1CC=CC=O. The highest BCUT2D eigenvalue weighted by atomic mass is 16.1. The van der Waals surface area contributed by atoms with Gasteiger partial charge in [-0.2, -0.15) is 0 Å². The normalized spacial score (nSPS) is 10.0. The molecular weight excluding hydrogens is 200 g/mol. The van der Waals surface area contributed by atoms with Gasteiger partial charge in [-0.15, -0.1) is 0 Å². The number of allylic oxidation sites excluding steroid dienone is 3. The van der Waals surface area contributed by atoms with Crippen LogP contribution in [-0.2, 0) is 22.4 Å². The number of aryl methyl sites for hydroxylation is 1. The van der Waals surface area contributed by atoms with Crippen LogP contribution in [0, 0.1) is 0 Å². The zero-order valence-electron chi connectivity index (χ0n) is 9.06. The number of benzene rings is 1. The first-order valence-electron chi connectivity index (χ1n) is 5.25. The van der Waals surface area contributed by atoms with Gasteiger partial charge in [0, 0.05) is 6.08 Å². The zero-order chi connectivity index (χ0) is 11.6. The summed E-state index contributed by atoms with van der Waals surface area (Å²) in [5, 5.41) is 0. The van der Waals surface area contributed by atoms with Crippen molar-refractivity contribution >= 4 is 12.2 Å². The first kappa shape index (κ1) is 12.2. The minimum absolute atomic E-state index is 0.706. The molecule has 2 heteroatoms. The van der Waals surface area contributed by atoms with E-state index in [0.29, 0.717) is 6.42 Å². The standard InChI is InChI=1S/C14H14O2/c15-11-5-3-9-13-7-1-2-8-14(13)10-4-6-12-16/h1-3,5-8,11H,4,9-10H2. The van der Waals surface area contributed by atoms with Gasteiger partial charge >= 0.3 is 0 Å².